The number of carboxylic acid groups (broad SMARTS) is 1. The van der Waals surface area contributed by atoms with Crippen molar-refractivity contribution in [2.45, 2.75) is 0 Å². The topological polar surface area (TPSA) is 98.7 Å². The third kappa shape index (κ3) is 5.27. The lowest BCUT2D eigenvalue weighted by Crippen LogP contribution is -2.47. The molecule has 30 heavy (non-hydrogen) atoms. The highest BCUT2D eigenvalue weighted by atomic mass is 32.2. The molecule has 1 fully saturated rings. The van der Waals surface area contributed by atoms with Gasteiger partial charge < -0.3 is 10.4 Å². The first-order valence-electron chi connectivity index (χ1n) is 8.28. The maximum atomic E-state index is 13.4. The number of thioether (sulfide) groups is 1. The Morgan fingerprint density at radius 1 is 1.17 bits per heavy atom. The summed E-state index contributed by atoms with van der Waals surface area (Å²) < 4.78 is 26.7. The average Bonchev–Trinajstić information content (AvgIpc) is 3.26. The SMILES string of the molecule is O=C(O)CNC(=O)CNN1C(=O)/C(=C/c2cc(-c3ccc(F)c(F)c3)cs2)SC1=S. The largest absolute Gasteiger partial charge is 0.480 e. The fraction of sp³-hybridized carbons (Fsp3) is 0.111. The van der Waals surface area contributed by atoms with Crippen molar-refractivity contribution in [3.8, 4) is 11.1 Å². The van der Waals surface area contributed by atoms with Crippen molar-refractivity contribution in [3.63, 3.8) is 0 Å². The number of hydrogen-bond donors (Lipinski definition) is 3. The fourth-order valence-corrected chi connectivity index (χ4v) is 4.51. The van der Waals surface area contributed by atoms with Gasteiger partial charge in [0, 0.05) is 4.88 Å². The van der Waals surface area contributed by atoms with E-state index in [1.807, 2.05) is 0 Å². The zero-order valence-corrected chi connectivity index (χ0v) is 17.4. The molecule has 0 spiro atoms. The third-order valence-corrected chi connectivity index (χ3v) is 5.96. The predicted octanol–water partition coefficient (Wildman–Crippen LogP) is 2.60. The maximum absolute atomic E-state index is 13.4. The van der Waals surface area contributed by atoms with E-state index < -0.39 is 36.0 Å². The van der Waals surface area contributed by atoms with Crippen LogP contribution < -0.4 is 10.7 Å². The van der Waals surface area contributed by atoms with Crippen LogP contribution in [0.5, 0.6) is 0 Å². The molecular weight excluding hydrogens is 456 g/mol. The molecule has 1 saturated heterocycles. The van der Waals surface area contributed by atoms with E-state index in [4.69, 9.17) is 17.3 Å². The Morgan fingerprint density at radius 2 is 1.93 bits per heavy atom. The highest BCUT2D eigenvalue weighted by molar-refractivity contribution is 8.26. The standard InChI is InChI=1S/C18H13F2N3O4S3/c19-12-2-1-9(4-13(12)20)10-3-11(29-8-10)5-14-17(27)23(18(28)30-14)22-6-15(24)21-7-16(25)26/h1-5,8,22H,6-7H2,(H,21,24)(H,25,26)/b14-5-. The number of hydrazine groups is 1. The molecule has 2 amide bonds. The van der Waals surface area contributed by atoms with Gasteiger partial charge in [0.15, 0.2) is 16.0 Å². The second kappa shape index (κ2) is 9.43. The number of thiophene rings is 1. The van der Waals surface area contributed by atoms with Gasteiger partial charge in [-0.15, -0.1) is 11.3 Å². The molecule has 0 saturated carbocycles. The van der Waals surface area contributed by atoms with E-state index in [9.17, 15) is 23.2 Å². The van der Waals surface area contributed by atoms with Gasteiger partial charge in [-0.1, -0.05) is 30.0 Å². The van der Waals surface area contributed by atoms with Gasteiger partial charge >= 0.3 is 5.97 Å². The molecule has 156 valence electrons. The van der Waals surface area contributed by atoms with Crippen molar-refractivity contribution in [1.82, 2.24) is 15.8 Å². The van der Waals surface area contributed by atoms with Crippen molar-refractivity contribution >= 4 is 63.5 Å². The Balaban J connectivity index is 1.67. The minimum absolute atomic E-state index is 0.190. The first-order chi connectivity index (χ1) is 14.2. The lowest BCUT2D eigenvalue weighted by Gasteiger charge is -2.15. The van der Waals surface area contributed by atoms with Crippen LogP contribution in [0.3, 0.4) is 0 Å². The molecule has 2 aromatic rings. The van der Waals surface area contributed by atoms with Gasteiger partial charge in [-0.25, -0.2) is 19.2 Å². The van der Waals surface area contributed by atoms with E-state index in [0.29, 0.717) is 20.9 Å². The summed E-state index contributed by atoms with van der Waals surface area (Å²) in [5.74, 6) is -4.12. The highest BCUT2D eigenvalue weighted by Crippen LogP contribution is 2.34. The zero-order chi connectivity index (χ0) is 21.8. The van der Waals surface area contributed by atoms with Crippen LogP contribution in [-0.2, 0) is 14.4 Å². The van der Waals surface area contributed by atoms with Gasteiger partial charge in [-0.05, 0) is 40.8 Å². The monoisotopic (exact) mass is 469 g/mol. The molecule has 2 heterocycles. The molecule has 1 aromatic carbocycles. The van der Waals surface area contributed by atoms with E-state index in [-0.39, 0.29) is 10.9 Å². The van der Waals surface area contributed by atoms with Gasteiger partial charge in [0.25, 0.3) is 5.91 Å². The number of amides is 2. The normalized spacial score (nSPS) is 15.1. The molecule has 0 radical (unpaired) electrons. The first-order valence-corrected chi connectivity index (χ1v) is 10.4. The Bertz CT molecular complexity index is 1070. The molecule has 1 aromatic heterocycles. The second-order valence-corrected chi connectivity index (χ2v) is 8.51. The van der Waals surface area contributed by atoms with Crippen molar-refractivity contribution in [1.29, 1.82) is 0 Å². The molecule has 12 heteroatoms. The number of carbonyl (C=O) groups excluding carboxylic acids is 2. The average molecular weight is 470 g/mol. The number of carbonyl (C=O) groups is 3. The molecule has 0 bridgehead atoms. The number of benzene rings is 1. The molecule has 1 aliphatic heterocycles. The van der Waals surface area contributed by atoms with Crippen LogP contribution in [0.1, 0.15) is 4.88 Å². The van der Waals surface area contributed by atoms with Crippen molar-refractivity contribution in [2.75, 3.05) is 13.1 Å². The van der Waals surface area contributed by atoms with E-state index in [0.717, 1.165) is 28.9 Å². The molecule has 0 atom stereocenters. The van der Waals surface area contributed by atoms with Crippen LogP contribution in [0.25, 0.3) is 17.2 Å². The fourth-order valence-electron chi connectivity index (χ4n) is 2.38. The van der Waals surface area contributed by atoms with Crippen LogP contribution in [0, 0.1) is 11.6 Å². The maximum Gasteiger partial charge on any atom is 0.322 e. The predicted molar refractivity (Wildman–Crippen MR) is 113 cm³/mol. The Kier molecular flexibility index (Phi) is 6.92. The first kappa shape index (κ1) is 22.0. The number of carboxylic acids is 1. The number of aliphatic carboxylic acids is 1. The number of halogens is 2. The quantitative estimate of drug-likeness (QED) is 0.424. The molecule has 3 N–H and O–H groups in total. The lowest BCUT2D eigenvalue weighted by molar-refractivity contribution is -0.138. The lowest BCUT2D eigenvalue weighted by atomic mass is 10.1. The van der Waals surface area contributed by atoms with E-state index in [1.165, 1.54) is 17.4 Å². The van der Waals surface area contributed by atoms with Crippen molar-refractivity contribution in [3.05, 3.63) is 51.1 Å². The Labute approximate surface area is 182 Å². The number of hydrogen-bond acceptors (Lipinski definition) is 7. The molecule has 0 aliphatic carbocycles. The molecular formula is C18H13F2N3O4S3. The minimum atomic E-state index is -1.18. The zero-order valence-electron chi connectivity index (χ0n) is 15.0. The molecule has 1 aliphatic rings. The highest BCUT2D eigenvalue weighted by Gasteiger charge is 2.32. The molecule has 0 unspecified atom stereocenters. The van der Waals surface area contributed by atoms with Crippen LogP contribution in [-0.4, -0.2) is 45.3 Å². The van der Waals surface area contributed by atoms with Crippen LogP contribution in [0.4, 0.5) is 8.78 Å². The van der Waals surface area contributed by atoms with Gasteiger partial charge in [-0.3, -0.25) is 14.4 Å². The minimum Gasteiger partial charge on any atom is -0.480 e. The van der Waals surface area contributed by atoms with Crippen LogP contribution >= 0.6 is 35.3 Å². The Hall–Kier alpha value is -2.67. The van der Waals surface area contributed by atoms with Gasteiger partial charge in [0.2, 0.25) is 5.91 Å². The number of thiocarbonyl (C=S) groups is 1. The summed E-state index contributed by atoms with van der Waals surface area (Å²) in [6.07, 6.45) is 1.61. The summed E-state index contributed by atoms with van der Waals surface area (Å²) in [7, 11) is 0. The summed E-state index contributed by atoms with van der Waals surface area (Å²) in [6.45, 7) is -0.857. The molecule has 3 rings (SSSR count). The van der Waals surface area contributed by atoms with Gasteiger partial charge in [-0.2, -0.15) is 0 Å². The smallest absolute Gasteiger partial charge is 0.322 e. The van der Waals surface area contributed by atoms with Gasteiger partial charge in [0.05, 0.1) is 11.4 Å². The second-order valence-electron chi connectivity index (χ2n) is 5.89. The number of rotatable bonds is 7. The van der Waals surface area contributed by atoms with Crippen LogP contribution in [0.2, 0.25) is 0 Å². The van der Waals surface area contributed by atoms with Crippen molar-refractivity contribution in [2.24, 2.45) is 0 Å². The van der Waals surface area contributed by atoms with Gasteiger partial charge in [0.1, 0.15) is 6.54 Å². The summed E-state index contributed by atoms with van der Waals surface area (Å²) in [5, 5.41) is 13.5. The van der Waals surface area contributed by atoms with E-state index in [1.54, 1.807) is 17.5 Å². The van der Waals surface area contributed by atoms with E-state index in [2.05, 4.69) is 10.7 Å². The van der Waals surface area contributed by atoms with E-state index >= 15 is 0 Å². The number of nitrogens with zero attached hydrogens (tertiary/aromatic N) is 1. The summed E-state index contributed by atoms with van der Waals surface area (Å²) >= 11 is 7.49. The summed E-state index contributed by atoms with van der Waals surface area (Å²) in [4.78, 5) is 35.6. The third-order valence-electron chi connectivity index (χ3n) is 3.77. The summed E-state index contributed by atoms with van der Waals surface area (Å²) in [5.41, 5.74) is 3.75. The van der Waals surface area contributed by atoms with Crippen molar-refractivity contribution < 1.29 is 28.3 Å². The molecule has 7 nitrogen and oxygen atoms in total. The Morgan fingerprint density at radius 3 is 2.63 bits per heavy atom. The summed E-state index contributed by atoms with van der Waals surface area (Å²) in [6, 6.07) is 5.34. The van der Waals surface area contributed by atoms with Crippen LogP contribution in [0.15, 0.2) is 34.6 Å². The number of nitrogens with one attached hydrogen (secondary N) is 2.